The second-order valence-electron chi connectivity index (χ2n) is 5.69. The molecule has 25 heavy (non-hydrogen) atoms. The molecule has 0 fully saturated rings. The van der Waals surface area contributed by atoms with E-state index in [1.807, 2.05) is 61.5 Å². The maximum Gasteiger partial charge on any atom is 0.248 e. The molecule has 6 nitrogen and oxygen atoms in total. The third-order valence-electron chi connectivity index (χ3n) is 3.79. The maximum atomic E-state index is 12.1. The van der Waals surface area contributed by atoms with Gasteiger partial charge < -0.3 is 4.42 Å². The first-order valence-electron chi connectivity index (χ1n) is 7.93. The SMILES string of the molecule is Cc1ccccc1-c1nnc(CNS(=O)(=O)CCc2ccccc2)o1. The van der Waals surface area contributed by atoms with Gasteiger partial charge in [0.2, 0.25) is 21.8 Å². The van der Waals surface area contributed by atoms with Gasteiger partial charge >= 0.3 is 0 Å². The summed E-state index contributed by atoms with van der Waals surface area (Å²) in [6, 6.07) is 17.1. The van der Waals surface area contributed by atoms with Gasteiger partial charge in [0.15, 0.2) is 0 Å². The van der Waals surface area contributed by atoms with Crippen molar-refractivity contribution in [3.05, 3.63) is 71.6 Å². The van der Waals surface area contributed by atoms with Crippen LogP contribution in [0.2, 0.25) is 0 Å². The zero-order chi connectivity index (χ0) is 17.7. The van der Waals surface area contributed by atoms with Gasteiger partial charge in [-0.2, -0.15) is 0 Å². The number of sulfonamides is 1. The number of aryl methyl sites for hydroxylation is 2. The highest BCUT2D eigenvalue weighted by Crippen LogP contribution is 2.21. The Balaban J connectivity index is 1.59. The van der Waals surface area contributed by atoms with Crippen LogP contribution in [-0.4, -0.2) is 24.4 Å². The van der Waals surface area contributed by atoms with Crippen molar-refractivity contribution in [2.24, 2.45) is 0 Å². The molecule has 0 aliphatic carbocycles. The molecular formula is C18H19N3O3S. The Morgan fingerprint density at radius 3 is 2.48 bits per heavy atom. The van der Waals surface area contributed by atoms with Gasteiger partial charge in [-0.05, 0) is 30.5 Å². The Morgan fingerprint density at radius 2 is 1.72 bits per heavy atom. The second kappa shape index (κ2) is 7.58. The summed E-state index contributed by atoms with van der Waals surface area (Å²) < 4.78 is 32.3. The minimum Gasteiger partial charge on any atom is -0.419 e. The highest BCUT2D eigenvalue weighted by Gasteiger charge is 2.14. The summed E-state index contributed by atoms with van der Waals surface area (Å²) in [7, 11) is -3.42. The number of nitrogens with zero attached hydrogens (tertiary/aromatic N) is 2. The summed E-state index contributed by atoms with van der Waals surface area (Å²) in [6.45, 7) is 1.93. The van der Waals surface area contributed by atoms with E-state index in [0.717, 1.165) is 16.7 Å². The van der Waals surface area contributed by atoms with E-state index in [-0.39, 0.29) is 18.2 Å². The molecule has 0 aliphatic rings. The molecule has 0 atom stereocenters. The Kier molecular flexibility index (Phi) is 5.25. The number of aromatic nitrogens is 2. The van der Waals surface area contributed by atoms with Crippen molar-refractivity contribution in [2.45, 2.75) is 19.9 Å². The van der Waals surface area contributed by atoms with Crippen LogP contribution in [0.3, 0.4) is 0 Å². The first kappa shape index (κ1) is 17.3. The summed E-state index contributed by atoms with van der Waals surface area (Å²) in [4.78, 5) is 0. The Labute approximate surface area is 147 Å². The molecule has 0 radical (unpaired) electrons. The van der Waals surface area contributed by atoms with Gasteiger partial charge in [-0.1, -0.05) is 48.5 Å². The van der Waals surface area contributed by atoms with Gasteiger partial charge in [-0.15, -0.1) is 10.2 Å². The fraction of sp³-hybridized carbons (Fsp3) is 0.222. The molecule has 0 amide bonds. The van der Waals surface area contributed by atoms with E-state index >= 15 is 0 Å². The minimum atomic E-state index is -3.42. The quantitative estimate of drug-likeness (QED) is 0.703. The van der Waals surface area contributed by atoms with E-state index in [1.54, 1.807) is 0 Å². The molecule has 0 unspecified atom stereocenters. The summed E-state index contributed by atoms with van der Waals surface area (Å²) in [5.41, 5.74) is 2.84. The lowest BCUT2D eigenvalue weighted by molar-refractivity contribution is 0.494. The zero-order valence-corrected chi connectivity index (χ0v) is 14.7. The predicted octanol–water partition coefficient (Wildman–Crippen LogP) is 2.71. The van der Waals surface area contributed by atoms with Crippen LogP contribution in [0, 0.1) is 6.92 Å². The van der Waals surface area contributed by atoms with Gasteiger partial charge in [0.25, 0.3) is 0 Å². The second-order valence-corrected chi connectivity index (χ2v) is 7.62. The average molecular weight is 357 g/mol. The van der Waals surface area contributed by atoms with E-state index < -0.39 is 10.0 Å². The smallest absolute Gasteiger partial charge is 0.248 e. The van der Waals surface area contributed by atoms with E-state index in [9.17, 15) is 8.42 Å². The van der Waals surface area contributed by atoms with Crippen LogP contribution < -0.4 is 4.72 Å². The van der Waals surface area contributed by atoms with E-state index in [4.69, 9.17) is 4.42 Å². The molecule has 0 bridgehead atoms. The van der Waals surface area contributed by atoms with Crippen LogP contribution in [0.25, 0.3) is 11.5 Å². The number of benzene rings is 2. The third-order valence-corrected chi connectivity index (χ3v) is 5.11. The topological polar surface area (TPSA) is 85.1 Å². The highest BCUT2D eigenvalue weighted by atomic mass is 32.2. The highest BCUT2D eigenvalue weighted by molar-refractivity contribution is 7.89. The van der Waals surface area contributed by atoms with Gasteiger partial charge in [-0.25, -0.2) is 13.1 Å². The monoisotopic (exact) mass is 357 g/mol. The van der Waals surface area contributed by atoms with E-state index in [0.29, 0.717) is 12.3 Å². The molecule has 0 spiro atoms. The van der Waals surface area contributed by atoms with Gasteiger partial charge in [0.1, 0.15) is 0 Å². The Hall–Kier alpha value is -2.51. The minimum absolute atomic E-state index is 0.00972. The van der Waals surface area contributed by atoms with Gasteiger partial charge in [0, 0.05) is 5.56 Å². The maximum absolute atomic E-state index is 12.1. The number of hydrogen-bond donors (Lipinski definition) is 1. The summed E-state index contributed by atoms with van der Waals surface area (Å²) in [5, 5.41) is 7.90. The molecule has 1 heterocycles. The van der Waals surface area contributed by atoms with Crippen molar-refractivity contribution in [1.82, 2.24) is 14.9 Å². The van der Waals surface area contributed by atoms with Crippen molar-refractivity contribution >= 4 is 10.0 Å². The molecule has 3 rings (SSSR count). The van der Waals surface area contributed by atoms with E-state index in [2.05, 4.69) is 14.9 Å². The number of rotatable bonds is 7. The fourth-order valence-corrected chi connectivity index (χ4v) is 3.38. The zero-order valence-electron chi connectivity index (χ0n) is 13.8. The molecule has 3 aromatic rings. The fourth-order valence-electron chi connectivity index (χ4n) is 2.39. The molecule has 0 saturated carbocycles. The first-order valence-corrected chi connectivity index (χ1v) is 9.58. The normalized spacial score (nSPS) is 11.6. The molecule has 130 valence electrons. The van der Waals surface area contributed by atoms with Crippen LogP contribution >= 0.6 is 0 Å². The van der Waals surface area contributed by atoms with Crippen molar-refractivity contribution < 1.29 is 12.8 Å². The molecule has 1 N–H and O–H groups in total. The standard InChI is InChI=1S/C18H19N3O3S/c1-14-7-5-6-10-16(14)18-21-20-17(24-18)13-19-25(22,23)12-11-15-8-3-2-4-9-15/h2-10,19H,11-13H2,1H3. The average Bonchev–Trinajstić information content (AvgIpc) is 3.09. The first-order chi connectivity index (χ1) is 12.0. The molecule has 2 aromatic carbocycles. The van der Waals surface area contributed by atoms with Gasteiger partial charge in [-0.3, -0.25) is 0 Å². The van der Waals surface area contributed by atoms with Crippen LogP contribution in [0.1, 0.15) is 17.0 Å². The van der Waals surface area contributed by atoms with Crippen molar-refractivity contribution in [3.63, 3.8) is 0 Å². The molecule has 7 heteroatoms. The van der Waals surface area contributed by atoms with Gasteiger partial charge in [0.05, 0.1) is 12.3 Å². The summed E-state index contributed by atoms with van der Waals surface area (Å²) in [5.74, 6) is 0.633. The summed E-state index contributed by atoms with van der Waals surface area (Å²) in [6.07, 6.45) is 0.453. The molecule has 0 saturated heterocycles. The number of nitrogens with one attached hydrogen (secondary N) is 1. The summed E-state index contributed by atoms with van der Waals surface area (Å²) >= 11 is 0. The molecule has 0 aliphatic heterocycles. The predicted molar refractivity (Wildman–Crippen MR) is 95.2 cm³/mol. The van der Waals surface area contributed by atoms with Crippen LogP contribution in [-0.2, 0) is 23.0 Å². The number of hydrogen-bond acceptors (Lipinski definition) is 5. The van der Waals surface area contributed by atoms with Crippen molar-refractivity contribution in [3.8, 4) is 11.5 Å². The lowest BCUT2D eigenvalue weighted by atomic mass is 10.1. The van der Waals surface area contributed by atoms with Crippen molar-refractivity contribution in [1.29, 1.82) is 0 Å². The van der Waals surface area contributed by atoms with E-state index in [1.165, 1.54) is 0 Å². The van der Waals surface area contributed by atoms with Crippen LogP contribution in [0.15, 0.2) is 59.0 Å². The van der Waals surface area contributed by atoms with Crippen LogP contribution in [0.5, 0.6) is 0 Å². The molecular weight excluding hydrogens is 338 g/mol. The lowest BCUT2D eigenvalue weighted by Crippen LogP contribution is -2.27. The third kappa shape index (κ3) is 4.74. The Bertz CT molecular complexity index is 937. The lowest BCUT2D eigenvalue weighted by Gasteiger charge is -2.04. The van der Waals surface area contributed by atoms with Crippen molar-refractivity contribution in [2.75, 3.05) is 5.75 Å². The van der Waals surface area contributed by atoms with Crippen LogP contribution in [0.4, 0.5) is 0 Å². The largest absolute Gasteiger partial charge is 0.419 e. The molecule has 1 aromatic heterocycles. The Morgan fingerprint density at radius 1 is 1.00 bits per heavy atom.